The zero-order chi connectivity index (χ0) is 20.3. The number of amides is 1. The summed E-state index contributed by atoms with van der Waals surface area (Å²) in [7, 11) is -0.306. The molecular weight excluding hydrogens is 402 g/mol. The first-order chi connectivity index (χ1) is 13.3. The Balaban J connectivity index is 1.56. The molecule has 0 saturated carbocycles. The van der Waals surface area contributed by atoms with Gasteiger partial charge in [0.15, 0.2) is 9.84 Å². The van der Waals surface area contributed by atoms with Crippen LogP contribution in [0.15, 0.2) is 47.4 Å². The fourth-order valence-electron chi connectivity index (χ4n) is 3.11. The Kier molecular flexibility index (Phi) is 6.15. The third-order valence-corrected chi connectivity index (χ3v) is 7.24. The van der Waals surface area contributed by atoms with Crippen LogP contribution < -0.4 is 9.47 Å². The Morgan fingerprint density at radius 3 is 2.39 bits per heavy atom. The Hall–Kier alpha value is -2.25. The van der Waals surface area contributed by atoms with E-state index in [1.807, 2.05) is 12.1 Å². The summed E-state index contributed by atoms with van der Waals surface area (Å²) in [5, 5.41) is -0.0912. The van der Waals surface area contributed by atoms with Crippen molar-refractivity contribution in [1.82, 2.24) is 4.90 Å². The van der Waals surface area contributed by atoms with Crippen molar-refractivity contribution in [3.63, 3.8) is 0 Å². The van der Waals surface area contributed by atoms with E-state index < -0.39 is 15.1 Å². The van der Waals surface area contributed by atoms with E-state index in [1.54, 1.807) is 37.3 Å². The molecule has 28 heavy (non-hydrogen) atoms. The second-order valence-corrected chi connectivity index (χ2v) is 9.26. The summed E-state index contributed by atoms with van der Waals surface area (Å²) < 4.78 is 35.7. The molecule has 0 atom stereocenters. The maximum atomic E-state index is 12.6. The van der Waals surface area contributed by atoms with Gasteiger partial charge in [0.25, 0.3) is 0 Å². The number of rotatable bonds is 7. The van der Waals surface area contributed by atoms with E-state index in [9.17, 15) is 13.2 Å². The molecule has 1 aliphatic heterocycles. The van der Waals surface area contributed by atoms with Gasteiger partial charge in [-0.15, -0.1) is 0 Å². The van der Waals surface area contributed by atoms with Crippen LogP contribution in [0.2, 0.25) is 5.02 Å². The molecule has 0 unspecified atom stereocenters. The molecule has 1 fully saturated rings. The van der Waals surface area contributed by atoms with Crippen molar-refractivity contribution in [2.75, 3.05) is 27.3 Å². The molecule has 0 N–H and O–H groups in total. The molecular formula is C20H22ClNO5S. The Bertz CT molecular complexity index is 953. The van der Waals surface area contributed by atoms with Crippen LogP contribution in [-0.4, -0.2) is 51.8 Å². The molecule has 1 saturated heterocycles. The van der Waals surface area contributed by atoms with Gasteiger partial charge < -0.3 is 14.4 Å². The first kappa shape index (κ1) is 20.5. The largest absolute Gasteiger partial charge is 0.497 e. The van der Waals surface area contributed by atoms with Gasteiger partial charge in [0.05, 0.1) is 19.1 Å². The molecule has 0 aromatic heterocycles. The van der Waals surface area contributed by atoms with Crippen LogP contribution in [0.5, 0.6) is 11.5 Å². The highest BCUT2D eigenvalue weighted by atomic mass is 35.5. The SMILES string of the molecule is COc1ccc(CCC(=O)N2CC(S(=O)(=O)c3ccc(Cl)cc3)C2)c(OC)c1. The van der Waals surface area contributed by atoms with Crippen LogP contribution in [-0.2, 0) is 21.1 Å². The van der Waals surface area contributed by atoms with Gasteiger partial charge in [-0.1, -0.05) is 17.7 Å². The zero-order valence-corrected chi connectivity index (χ0v) is 17.3. The van der Waals surface area contributed by atoms with Crippen molar-refractivity contribution >= 4 is 27.3 Å². The van der Waals surface area contributed by atoms with Crippen molar-refractivity contribution in [2.24, 2.45) is 0 Å². The minimum absolute atomic E-state index is 0.0690. The summed E-state index contributed by atoms with van der Waals surface area (Å²) in [6.45, 7) is 0.424. The van der Waals surface area contributed by atoms with Gasteiger partial charge >= 0.3 is 0 Å². The molecule has 2 aromatic carbocycles. The van der Waals surface area contributed by atoms with E-state index >= 15 is 0 Å². The second kappa shape index (κ2) is 8.41. The summed E-state index contributed by atoms with van der Waals surface area (Å²) in [6.07, 6.45) is 0.799. The van der Waals surface area contributed by atoms with Gasteiger partial charge in [-0.2, -0.15) is 0 Å². The molecule has 1 amide bonds. The number of benzene rings is 2. The minimum Gasteiger partial charge on any atom is -0.497 e. The lowest BCUT2D eigenvalue weighted by molar-refractivity contribution is -0.134. The average molecular weight is 424 g/mol. The second-order valence-electron chi connectivity index (χ2n) is 6.60. The van der Waals surface area contributed by atoms with Crippen molar-refractivity contribution in [3.8, 4) is 11.5 Å². The highest BCUT2D eigenvalue weighted by Crippen LogP contribution is 2.28. The van der Waals surface area contributed by atoms with Gasteiger partial charge in [-0.05, 0) is 42.3 Å². The Morgan fingerprint density at radius 1 is 1.11 bits per heavy atom. The Morgan fingerprint density at radius 2 is 1.79 bits per heavy atom. The number of sulfone groups is 1. The lowest BCUT2D eigenvalue weighted by Crippen LogP contribution is -2.56. The van der Waals surface area contributed by atoms with Crippen molar-refractivity contribution in [2.45, 2.75) is 23.0 Å². The highest BCUT2D eigenvalue weighted by Gasteiger charge is 2.40. The first-order valence-electron chi connectivity index (χ1n) is 8.83. The number of nitrogens with zero attached hydrogens (tertiary/aromatic N) is 1. The fraction of sp³-hybridized carbons (Fsp3) is 0.350. The first-order valence-corrected chi connectivity index (χ1v) is 10.8. The Labute approximate surface area is 169 Å². The molecule has 0 aliphatic carbocycles. The smallest absolute Gasteiger partial charge is 0.222 e. The molecule has 2 aromatic rings. The number of halogens is 1. The fourth-order valence-corrected chi connectivity index (χ4v) is 4.89. The van der Waals surface area contributed by atoms with Gasteiger partial charge in [0.2, 0.25) is 5.91 Å². The molecule has 1 heterocycles. The molecule has 1 aliphatic rings. The summed E-state index contributed by atoms with van der Waals surface area (Å²) in [4.78, 5) is 14.2. The normalized spacial score (nSPS) is 14.5. The molecule has 150 valence electrons. The van der Waals surface area contributed by atoms with Crippen LogP contribution in [0, 0.1) is 0 Å². The highest BCUT2D eigenvalue weighted by molar-refractivity contribution is 7.92. The van der Waals surface area contributed by atoms with Crippen molar-refractivity contribution < 1.29 is 22.7 Å². The number of carbonyl (C=O) groups is 1. The van der Waals surface area contributed by atoms with E-state index in [0.29, 0.717) is 22.9 Å². The van der Waals surface area contributed by atoms with E-state index in [-0.39, 0.29) is 30.3 Å². The topological polar surface area (TPSA) is 72.9 Å². The van der Waals surface area contributed by atoms with Crippen LogP contribution in [0.1, 0.15) is 12.0 Å². The van der Waals surface area contributed by atoms with Gasteiger partial charge in [-0.25, -0.2) is 8.42 Å². The van der Waals surface area contributed by atoms with E-state index in [4.69, 9.17) is 21.1 Å². The summed E-state index contributed by atoms with van der Waals surface area (Å²) in [5.41, 5.74) is 0.905. The number of hydrogen-bond acceptors (Lipinski definition) is 5. The van der Waals surface area contributed by atoms with Crippen molar-refractivity contribution in [1.29, 1.82) is 0 Å². The van der Waals surface area contributed by atoms with Crippen LogP contribution in [0.4, 0.5) is 0 Å². The predicted molar refractivity (Wildman–Crippen MR) is 107 cm³/mol. The quantitative estimate of drug-likeness (QED) is 0.684. The monoisotopic (exact) mass is 423 g/mol. The summed E-state index contributed by atoms with van der Waals surface area (Å²) >= 11 is 5.81. The van der Waals surface area contributed by atoms with Crippen molar-refractivity contribution in [3.05, 3.63) is 53.1 Å². The van der Waals surface area contributed by atoms with Gasteiger partial charge in [-0.3, -0.25) is 4.79 Å². The number of likely N-dealkylation sites (tertiary alicyclic amines) is 1. The number of hydrogen-bond donors (Lipinski definition) is 0. The predicted octanol–water partition coefficient (Wildman–Crippen LogP) is 2.97. The summed E-state index contributed by atoms with van der Waals surface area (Å²) in [5.74, 6) is 1.28. The molecule has 6 nitrogen and oxygen atoms in total. The van der Waals surface area contributed by atoms with Gasteiger partial charge in [0.1, 0.15) is 16.7 Å². The number of ether oxygens (including phenoxy) is 2. The molecule has 3 rings (SSSR count). The molecule has 0 bridgehead atoms. The third-order valence-electron chi connectivity index (χ3n) is 4.88. The van der Waals surface area contributed by atoms with Crippen LogP contribution >= 0.6 is 11.6 Å². The lowest BCUT2D eigenvalue weighted by Gasteiger charge is -2.38. The molecule has 0 spiro atoms. The lowest BCUT2D eigenvalue weighted by atomic mass is 10.1. The number of methoxy groups -OCH3 is 2. The standard InChI is InChI=1S/C20H22ClNO5S/c1-26-16-7-3-14(19(11-16)27-2)4-10-20(23)22-12-18(13-22)28(24,25)17-8-5-15(21)6-9-17/h3,5-9,11,18H,4,10,12-13H2,1-2H3. The molecule has 0 radical (unpaired) electrons. The van der Waals surface area contributed by atoms with Crippen LogP contribution in [0.3, 0.4) is 0 Å². The summed E-state index contributed by atoms with van der Waals surface area (Å²) in [6, 6.07) is 11.6. The maximum Gasteiger partial charge on any atom is 0.222 e. The minimum atomic E-state index is -3.46. The average Bonchev–Trinajstić information content (AvgIpc) is 2.65. The third kappa shape index (κ3) is 4.25. The van der Waals surface area contributed by atoms with Gasteiger partial charge in [0, 0.05) is 30.6 Å². The molecule has 8 heteroatoms. The zero-order valence-electron chi connectivity index (χ0n) is 15.7. The number of carbonyl (C=O) groups excluding carboxylic acids is 1. The van der Waals surface area contributed by atoms with E-state index in [2.05, 4.69) is 0 Å². The van der Waals surface area contributed by atoms with Crippen LogP contribution in [0.25, 0.3) is 0 Å². The number of aryl methyl sites for hydroxylation is 1. The van der Waals surface area contributed by atoms with E-state index in [1.165, 1.54) is 12.1 Å². The maximum absolute atomic E-state index is 12.6. The van der Waals surface area contributed by atoms with E-state index in [0.717, 1.165) is 5.56 Å².